The van der Waals surface area contributed by atoms with E-state index in [1.165, 1.54) is 7.05 Å². The van der Waals surface area contributed by atoms with Crippen molar-refractivity contribution in [2.45, 2.75) is 6.54 Å². The molecule has 0 spiro atoms. The molecule has 0 aliphatic carbocycles. The third-order valence-corrected chi connectivity index (χ3v) is 2.41. The summed E-state index contributed by atoms with van der Waals surface area (Å²) in [6.45, 7) is 0.277. The minimum Gasteiger partial charge on any atom is -0.496 e. The van der Waals surface area contributed by atoms with Crippen LogP contribution in [0.15, 0.2) is 12.1 Å². The Balaban J connectivity index is 3.16. The van der Waals surface area contributed by atoms with Gasteiger partial charge in [-0.15, -0.1) is 0 Å². The van der Waals surface area contributed by atoms with Gasteiger partial charge in [0.2, 0.25) is 0 Å². The number of nitrogens with zero attached hydrogens (tertiary/aromatic N) is 1. The second-order valence-electron chi connectivity index (χ2n) is 3.08. The molecule has 1 N–H and O–H groups in total. The molecule has 0 atom stereocenters. The van der Waals surface area contributed by atoms with Crippen molar-refractivity contribution in [3.05, 3.63) is 22.7 Å². The average Bonchev–Trinajstić information content (AvgIpc) is 2.20. The van der Waals surface area contributed by atoms with Crippen LogP contribution in [0.3, 0.4) is 0 Å². The second-order valence-corrected chi connectivity index (χ2v) is 3.46. The van der Waals surface area contributed by atoms with Gasteiger partial charge in [-0.1, -0.05) is 11.6 Å². The Labute approximate surface area is 93.9 Å². The molecule has 0 amide bonds. The molecule has 0 heterocycles. The number of hydroxylamine groups is 2. The SMILES string of the molecule is COc1ccc(OC)c(CN(C)O)c1Cl. The zero-order valence-corrected chi connectivity index (χ0v) is 9.71. The monoisotopic (exact) mass is 231 g/mol. The molecule has 0 aromatic heterocycles. The van der Waals surface area contributed by atoms with E-state index < -0.39 is 0 Å². The highest BCUT2D eigenvalue weighted by Crippen LogP contribution is 2.35. The molecule has 4 nitrogen and oxygen atoms in total. The summed E-state index contributed by atoms with van der Waals surface area (Å²) in [5, 5.41) is 10.7. The Bertz CT molecular complexity index is 342. The van der Waals surface area contributed by atoms with Crippen LogP contribution in [0.1, 0.15) is 5.56 Å². The van der Waals surface area contributed by atoms with E-state index >= 15 is 0 Å². The highest BCUT2D eigenvalue weighted by atomic mass is 35.5. The third kappa shape index (κ3) is 2.75. The van der Waals surface area contributed by atoms with Gasteiger partial charge in [0.25, 0.3) is 0 Å². The van der Waals surface area contributed by atoms with Crippen LogP contribution < -0.4 is 9.47 Å². The fourth-order valence-electron chi connectivity index (χ4n) is 1.31. The fourth-order valence-corrected chi connectivity index (χ4v) is 1.60. The Morgan fingerprint density at radius 3 is 2.27 bits per heavy atom. The molecule has 0 aliphatic rings. The van der Waals surface area contributed by atoms with Crippen molar-refractivity contribution >= 4 is 11.6 Å². The van der Waals surface area contributed by atoms with Crippen LogP contribution in [0.4, 0.5) is 0 Å². The minimum absolute atomic E-state index is 0.277. The first-order valence-corrected chi connectivity index (χ1v) is 4.77. The normalized spacial score (nSPS) is 10.5. The molecule has 0 saturated heterocycles. The first kappa shape index (κ1) is 12.1. The number of halogens is 1. The summed E-state index contributed by atoms with van der Waals surface area (Å²) in [5.41, 5.74) is 0.698. The highest BCUT2D eigenvalue weighted by molar-refractivity contribution is 6.33. The first-order chi connectivity index (χ1) is 7.10. The van der Waals surface area contributed by atoms with E-state index in [1.54, 1.807) is 26.4 Å². The van der Waals surface area contributed by atoms with Crippen molar-refractivity contribution in [1.82, 2.24) is 5.06 Å². The van der Waals surface area contributed by atoms with E-state index in [0.29, 0.717) is 22.1 Å². The van der Waals surface area contributed by atoms with Crippen LogP contribution in [0.2, 0.25) is 5.02 Å². The summed E-state index contributed by atoms with van der Waals surface area (Å²) in [7, 11) is 4.63. The molecule has 84 valence electrons. The van der Waals surface area contributed by atoms with Crippen LogP contribution in [0, 0.1) is 0 Å². The van der Waals surface area contributed by atoms with Gasteiger partial charge >= 0.3 is 0 Å². The largest absolute Gasteiger partial charge is 0.496 e. The lowest BCUT2D eigenvalue weighted by Crippen LogP contribution is -2.13. The number of rotatable bonds is 4. The van der Waals surface area contributed by atoms with Gasteiger partial charge in [0, 0.05) is 12.6 Å². The molecule has 0 unspecified atom stereocenters. The Kier molecular flexibility index (Phi) is 4.20. The number of hydrogen-bond donors (Lipinski definition) is 1. The summed E-state index contributed by atoms with van der Waals surface area (Å²) >= 11 is 6.09. The molecule has 0 radical (unpaired) electrons. The Morgan fingerprint density at radius 1 is 1.27 bits per heavy atom. The summed E-state index contributed by atoms with van der Waals surface area (Å²) in [6.07, 6.45) is 0. The number of ether oxygens (including phenoxy) is 2. The van der Waals surface area contributed by atoms with Gasteiger partial charge in [-0.25, -0.2) is 0 Å². The lowest BCUT2D eigenvalue weighted by molar-refractivity contribution is -0.0735. The van der Waals surface area contributed by atoms with Crippen LogP contribution >= 0.6 is 11.6 Å². The van der Waals surface area contributed by atoms with Crippen LogP contribution in [0.25, 0.3) is 0 Å². The minimum atomic E-state index is 0.277. The fraction of sp³-hybridized carbons (Fsp3) is 0.400. The molecule has 1 rings (SSSR count). The third-order valence-electron chi connectivity index (χ3n) is 1.99. The topological polar surface area (TPSA) is 41.9 Å². The highest BCUT2D eigenvalue weighted by Gasteiger charge is 2.13. The molecule has 0 bridgehead atoms. The van der Waals surface area contributed by atoms with Gasteiger partial charge in [-0.2, -0.15) is 5.06 Å². The maximum Gasteiger partial charge on any atom is 0.138 e. The van der Waals surface area contributed by atoms with E-state index in [2.05, 4.69) is 0 Å². The molecule has 1 aromatic rings. The maximum absolute atomic E-state index is 9.19. The smallest absolute Gasteiger partial charge is 0.138 e. The summed E-state index contributed by atoms with van der Waals surface area (Å²) < 4.78 is 10.2. The summed E-state index contributed by atoms with van der Waals surface area (Å²) in [6, 6.07) is 3.48. The lowest BCUT2D eigenvalue weighted by atomic mass is 10.2. The van der Waals surface area contributed by atoms with Crippen molar-refractivity contribution in [3.8, 4) is 11.5 Å². The van der Waals surface area contributed by atoms with Crippen molar-refractivity contribution in [2.24, 2.45) is 0 Å². The quantitative estimate of drug-likeness (QED) is 0.807. The molecular formula is C10H14ClNO3. The average molecular weight is 232 g/mol. The van der Waals surface area contributed by atoms with Crippen molar-refractivity contribution in [2.75, 3.05) is 21.3 Å². The van der Waals surface area contributed by atoms with Crippen molar-refractivity contribution in [3.63, 3.8) is 0 Å². The lowest BCUT2D eigenvalue weighted by Gasteiger charge is -2.15. The zero-order valence-electron chi connectivity index (χ0n) is 8.95. The molecule has 5 heteroatoms. The van der Waals surface area contributed by atoms with E-state index in [1.807, 2.05) is 0 Å². The van der Waals surface area contributed by atoms with E-state index in [-0.39, 0.29) is 6.54 Å². The van der Waals surface area contributed by atoms with Gasteiger partial charge in [0.15, 0.2) is 0 Å². The molecule has 0 saturated carbocycles. The summed E-state index contributed by atoms with van der Waals surface area (Å²) in [4.78, 5) is 0. The number of methoxy groups -OCH3 is 2. The van der Waals surface area contributed by atoms with Gasteiger partial charge in [0.1, 0.15) is 11.5 Å². The number of hydrogen-bond acceptors (Lipinski definition) is 4. The van der Waals surface area contributed by atoms with E-state index in [4.69, 9.17) is 21.1 Å². The predicted molar refractivity (Wildman–Crippen MR) is 57.8 cm³/mol. The predicted octanol–water partition coefficient (Wildman–Crippen LogP) is 2.18. The van der Waals surface area contributed by atoms with Crippen LogP contribution in [0.5, 0.6) is 11.5 Å². The molecule has 1 aromatic carbocycles. The standard InChI is InChI=1S/C10H14ClNO3/c1-12(13)6-7-8(14-2)4-5-9(15-3)10(7)11/h4-5,13H,6H2,1-3H3. The zero-order chi connectivity index (χ0) is 11.4. The molecular weight excluding hydrogens is 218 g/mol. The molecule has 0 fully saturated rings. The molecule has 15 heavy (non-hydrogen) atoms. The van der Waals surface area contributed by atoms with Gasteiger partial charge in [0.05, 0.1) is 25.8 Å². The Hall–Kier alpha value is -0.970. The van der Waals surface area contributed by atoms with Gasteiger partial charge < -0.3 is 14.7 Å². The first-order valence-electron chi connectivity index (χ1n) is 4.39. The van der Waals surface area contributed by atoms with Crippen LogP contribution in [-0.2, 0) is 6.54 Å². The maximum atomic E-state index is 9.19. The summed E-state index contributed by atoms with van der Waals surface area (Å²) in [5.74, 6) is 1.19. The molecule has 0 aliphatic heterocycles. The van der Waals surface area contributed by atoms with Crippen molar-refractivity contribution < 1.29 is 14.7 Å². The Morgan fingerprint density at radius 2 is 1.80 bits per heavy atom. The van der Waals surface area contributed by atoms with Gasteiger partial charge in [-0.05, 0) is 12.1 Å². The van der Waals surface area contributed by atoms with Crippen LogP contribution in [-0.4, -0.2) is 31.5 Å². The van der Waals surface area contributed by atoms with E-state index in [9.17, 15) is 5.21 Å². The number of benzene rings is 1. The van der Waals surface area contributed by atoms with Gasteiger partial charge in [-0.3, -0.25) is 0 Å². The van der Waals surface area contributed by atoms with E-state index in [0.717, 1.165) is 5.06 Å². The van der Waals surface area contributed by atoms with Crippen molar-refractivity contribution in [1.29, 1.82) is 0 Å². The second kappa shape index (κ2) is 5.21.